The molecule has 1 rings (SSSR count). The average Bonchev–Trinajstić information content (AvgIpc) is 2.63. The predicted octanol–water partition coefficient (Wildman–Crippen LogP) is 1.86. The van der Waals surface area contributed by atoms with Gasteiger partial charge in [-0.25, -0.2) is 0 Å². The molecular formula is C10H19N3O. The summed E-state index contributed by atoms with van der Waals surface area (Å²) in [6.07, 6.45) is 3.94. The first kappa shape index (κ1) is 11.2. The number of rotatable bonds is 6. The van der Waals surface area contributed by atoms with Gasteiger partial charge < -0.3 is 10.2 Å². The van der Waals surface area contributed by atoms with E-state index in [9.17, 15) is 0 Å². The van der Waals surface area contributed by atoms with E-state index in [1.807, 2.05) is 0 Å². The third kappa shape index (κ3) is 3.10. The molecular weight excluding hydrogens is 178 g/mol. The Morgan fingerprint density at radius 1 is 1.43 bits per heavy atom. The van der Waals surface area contributed by atoms with Crippen LogP contribution in [0.3, 0.4) is 0 Å². The Morgan fingerprint density at radius 3 is 2.86 bits per heavy atom. The van der Waals surface area contributed by atoms with Gasteiger partial charge in [-0.2, -0.15) is 0 Å². The molecule has 1 aromatic rings. The zero-order valence-corrected chi connectivity index (χ0v) is 8.99. The van der Waals surface area contributed by atoms with Crippen molar-refractivity contribution in [3.05, 3.63) is 11.8 Å². The molecule has 1 unspecified atom stereocenters. The minimum absolute atomic E-state index is 0.374. The highest BCUT2D eigenvalue weighted by Gasteiger charge is 2.12. The summed E-state index contributed by atoms with van der Waals surface area (Å²) in [7, 11) is 0. The lowest BCUT2D eigenvalue weighted by atomic mass is 10.1. The van der Waals surface area contributed by atoms with Gasteiger partial charge in [0.15, 0.2) is 0 Å². The van der Waals surface area contributed by atoms with Gasteiger partial charge in [0, 0.05) is 12.3 Å². The normalized spacial score (nSPS) is 13.1. The molecule has 0 radical (unpaired) electrons. The molecule has 2 N–H and O–H groups in total. The van der Waals surface area contributed by atoms with Crippen LogP contribution in [0.4, 0.5) is 0 Å². The molecule has 0 fully saturated rings. The van der Waals surface area contributed by atoms with Crippen LogP contribution in [-0.4, -0.2) is 16.7 Å². The van der Waals surface area contributed by atoms with Gasteiger partial charge in [-0.1, -0.05) is 20.3 Å². The molecule has 1 aromatic heterocycles. The first-order valence-electron chi connectivity index (χ1n) is 5.30. The van der Waals surface area contributed by atoms with E-state index in [1.54, 1.807) is 0 Å². The van der Waals surface area contributed by atoms with Crippen molar-refractivity contribution < 1.29 is 4.42 Å². The number of aryl methyl sites for hydroxylation is 1. The first-order chi connectivity index (χ1) is 6.77. The fraction of sp³-hybridized carbons (Fsp3) is 0.800. The van der Waals surface area contributed by atoms with E-state index in [2.05, 4.69) is 24.0 Å². The maximum atomic E-state index is 5.52. The molecule has 14 heavy (non-hydrogen) atoms. The SMILES string of the molecule is CCCC(C)c1nnc(CCCN)o1. The molecule has 1 atom stereocenters. The predicted molar refractivity (Wildman–Crippen MR) is 55.0 cm³/mol. The van der Waals surface area contributed by atoms with Gasteiger partial charge in [-0.05, 0) is 19.4 Å². The minimum atomic E-state index is 0.374. The molecule has 0 spiro atoms. The minimum Gasteiger partial charge on any atom is -0.425 e. The van der Waals surface area contributed by atoms with Gasteiger partial charge in [0.05, 0.1) is 0 Å². The van der Waals surface area contributed by atoms with Crippen LogP contribution in [0.5, 0.6) is 0 Å². The van der Waals surface area contributed by atoms with Crippen LogP contribution in [0.2, 0.25) is 0 Å². The van der Waals surface area contributed by atoms with Crippen molar-refractivity contribution in [1.82, 2.24) is 10.2 Å². The molecule has 0 aromatic carbocycles. The molecule has 0 aliphatic carbocycles. The second kappa shape index (κ2) is 5.75. The molecule has 0 aliphatic rings. The summed E-state index contributed by atoms with van der Waals surface area (Å²) in [5.74, 6) is 1.85. The van der Waals surface area contributed by atoms with Crippen molar-refractivity contribution in [2.45, 2.75) is 45.4 Å². The molecule has 0 saturated carbocycles. The van der Waals surface area contributed by atoms with E-state index in [-0.39, 0.29) is 0 Å². The molecule has 0 amide bonds. The summed E-state index contributed by atoms with van der Waals surface area (Å²) >= 11 is 0. The van der Waals surface area contributed by atoms with Crippen molar-refractivity contribution >= 4 is 0 Å². The van der Waals surface area contributed by atoms with Crippen LogP contribution >= 0.6 is 0 Å². The van der Waals surface area contributed by atoms with Gasteiger partial charge in [0.25, 0.3) is 0 Å². The Kier molecular flexibility index (Phi) is 4.59. The van der Waals surface area contributed by atoms with Crippen LogP contribution in [0, 0.1) is 0 Å². The quantitative estimate of drug-likeness (QED) is 0.756. The highest BCUT2D eigenvalue weighted by molar-refractivity contribution is 4.89. The average molecular weight is 197 g/mol. The molecule has 4 heteroatoms. The van der Waals surface area contributed by atoms with E-state index in [0.29, 0.717) is 18.4 Å². The van der Waals surface area contributed by atoms with Crippen molar-refractivity contribution in [2.24, 2.45) is 5.73 Å². The van der Waals surface area contributed by atoms with E-state index < -0.39 is 0 Å². The third-order valence-electron chi connectivity index (χ3n) is 2.22. The number of aromatic nitrogens is 2. The summed E-state index contributed by atoms with van der Waals surface area (Å²) in [6, 6.07) is 0. The summed E-state index contributed by atoms with van der Waals surface area (Å²) in [6.45, 7) is 4.94. The topological polar surface area (TPSA) is 64.9 Å². The zero-order chi connectivity index (χ0) is 10.4. The standard InChI is InChI=1S/C10H19N3O/c1-3-5-8(2)10-13-12-9(14-10)6-4-7-11/h8H,3-7,11H2,1-2H3. The van der Waals surface area contributed by atoms with E-state index >= 15 is 0 Å². The maximum Gasteiger partial charge on any atom is 0.219 e. The molecule has 1 heterocycles. The van der Waals surface area contributed by atoms with Crippen molar-refractivity contribution in [3.8, 4) is 0 Å². The highest BCUT2D eigenvalue weighted by Crippen LogP contribution is 2.19. The maximum absolute atomic E-state index is 5.52. The first-order valence-corrected chi connectivity index (χ1v) is 5.30. The summed E-state index contributed by atoms with van der Waals surface area (Å²) in [5.41, 5.74) is 5.40. The monoisotopic (exact) mass is 197 g/mol. The molecule has 80 valence electrons. The van der Waals surface area contributed by atoms with Crippen molar-refractivity contribution in [2.75, 3.05) is 6.54 Å². The summed E-state index contributed by atoms with van der Waals surface area (Å²) < 4.78 is 5.52. The summed E-state index contributed by atoms with van der Waals surface area (Å²) in [4.78, 5) is 0. The number of hydrogen-bond acceptors (Lipinski definition) is 4. The fourth-order valence-corrected chi connectivity index (χ4v) is 1.38. The van der Waals surface area contributed by atoms with Gasteiger partial charge >= 0.3 is 0 Å². The largest absolute Gasteiger partial charge is 0.425 e. The van der Waals surface area contributed by atoms with Gasteiger partial charge in [0.2, 0.25) is 11.8 Å². The number of hydrogen-bond donors (Lipinski definition) is 1. The lowest BCUT2D eigenvalue weighted by Crippen LogP contribution is -2.00. The second-order valence-electron chi connectivity index (χ2n) is 3.62. The van der Waals surface area contributed by atoms with Gasteiger partial charge in [-0.3, -0.25) is 0 Å². The second-order valence-corrected chi connectivity index (χ2v) is 3.62. The number of nitrogens with zero attached hydrogens (tertiary/aromatic N) is 2. The lowest BCUT2D eigenvalue weighted by molar-refractivity contribution is 0.411. The van der Waals surface area contributed by atoms with Crippen molar-refractivity contribution in [1.29, 1.82) is 0 Å². The van der Waals surface area contributed by atoms with Crippen LogP contribution in [0.15, 0.2) is 4.42 Å². The van der Waals surface area contributed by atoms with Crippen LogP contribution in [-0.2, 0) is 6.42 Å². The smallest absolute Gasteiger partial charge is 0.219 e. The van der Waals surface area contributed by atoms with Crippen LogP contribution < -0.4 is 5.73 Å². The Hall–Kier alpha value is -0.900. The van der Waals surface area contributed by atoms with E-state index in [4.69, 9.17) is 10.2 Å². The van der Waals surface area contributed by atoms with Crippen LogP contribution in [0.25, 0.3) is 0 Å². The Labute approximate surface area is 84.9 Å². The Morgan fingerprint density at radius 2 is 2.21 bits per heavy atom. The number of nitrogens with two attached hydrogens (primary N) is 1. The Balaban J connectivity index is 2.49. The molecule has 0 bridgehead atoms. The van der Waals surface area contributed by atoms with E-state index in [1.165, 1.54) is 0 Å². The molecule has 0 aliphatic heterocycles. The highest BCUT2D eigenvalue weighted by atomic mass is 16.4. The zero-order valence-electron chi connectivity index (χ0n) is 8.99. The Bertz CT molecular complexity index is 260. The van der Waals surface area contributed by atoms with Gasteiger partial charge in [0.1, 0.15) is 0 Å². The lowest BCUT2D eigenvalue weighted by Gasteiger charge is -2.02. The van der Waals surface area contributed by atoms with Crippen molar-refractivity contribution in [3.63, 3.8) is 0 Å². The molecule has 0 saturated heterocycles. The fourth-order valence-electron chi connectivity index (χ4n) is 1.38. The summed E-state index contributed by atoms with van der Waals surface area (Å²) in [5, 5.41) is 8.01. The van der Waals surface area contributed by atoms with Crippen LogP contribution in [0.1, 0.15) is 50.8 Å². The van der Waals surface area contributed by atoms with E-state index in [0.717, 1.165) is 31.6 Å². The van der Waals surface area contributed by atoms with Gasteiger partial charge in [-0.15, -0.1) is 10.2 Å². The molecule has 4 nitrogen and oxygen atoms in total. The third-order valence-corrected chi connectivity index (χ3v) is 2.22.